The third-order valence-corrected chi connectivity index (χ3v) is 3.15. The lowest BCUT2D eigenvalue weighted by atomic mass is 10.0. The lowest BCUT2D eigenvalue weighted by Crippen LogP contribution is -2.24. The van der Waals surface area contributed by atoms with Crippen LogP contribution in [0.3, 0.4) is 0 Å². The minimum absolute atomic E-state index is 0.0905. The Hall–Kier alpha value is -2.67. The number of benzene rings is 1. The summed E-state index contributed by atoms with van der Waals surface area (Å²) in [4.78, 5) is 15.5. The molecule has 1 aromatic carbocycles. The van der Waals surface area contributed by atoms with Crippen molar-refractivity contribution in [3.8, 4) is 0 Å². The smallest absolute Gasteiger partial charge is 0.352 e. The number of carboxylic acids is 1. The molecule has 1 aliphatic rings. The molecule has 0 saturated heterocycles. The van der Waals surface area contributed by atoms with E-state index in [1.54, 1.807) is 17.9 Å². The fourth-order valence-electron chi connectivity index (χ4n) is 2.24. The first kappa shape index (κ1) is 13.3. The average Bonchev–Trinajstić information content (AvgIpc) is 2.89. The van der Waals surface area contributed by atoms with Gasteiger partial charge in [-0.3, -0.25) is 0 Å². The molecule has 0 fully saturated rings. The summed E-state index contributed by atoms with van der Waals surface area (Å²) in [6.07, 6.45) is 1.62. The van der Waals surface area contributed by atoms with Gasteiger partial charge >= 0.3 is 5.97 Å². The van der Waals surface area contributed by atoms with Crippen molar-refractivity contribution in [2.75, 3.05) is 12.4 Å². The molecule has 0 saturated carbocycles. The Balaban J connectivity index is 2.07. The maximum Gasteiger partial charge on any atom is 0.352 e. The van der Waals surface area contributed by atoms with E-state index >= 15 is 0 Å². The van der Waals surface area contributed by atoms with Crippen molar-refractivity contribution in [2.24, 2.45) is 0 Å². The summed E-state index contributed by atoms with van der Waals surface area (Å²) in [6.45, 7) is 0.269. The van der Waals surface area contributed by atoms with Crippen molar-refractivity contribution in [1.82, 2.24) is 14.8 Å². The molecule has 0 unspecified atom stereocenters. The summed E-state index contributed by atoms with van der Waals surface area (Å²) in [7, 11) is 1.56. The number of fused-ring (bicyclic) bond motifs is 1. The van der Waals surface area contributed by atoms with Crippen LogP contribution in [0.15, 0.2) is 42.1 Å². The van der Waals surface area contributed by atoms with Crippen LogP contribution in [0.2, 0.25) is 0 Å². The highest BCUT2D eigenvalue weighted by atomic mass is 16.5. The number of anilines is 1. The van der Waals surface area contributed by atoms with Gasteiger partial charge in [0.25, 0.3) is 0 Å². The fourth-order valence-corrected chi connectivity index (χ4v) is 2.24. The van der Waals surface area contributed by atoms with Crippen LogP contribution >= 0.6 is 0 Å². The highest BCUT2D eigenvalue weighted by molar-refractivity contribution is 5.90. The van der Waals surface area contributed by atoms with Crippen molar-refractivity contribution in [1.29, 1.82) is 0 Å². The summed E-state index contributed by atoms with van der Waals surface area (Å²) >= 11 is 0. The summed E-state index contributed by atoms with van der Waals surface area (Å²) in [5.41, 5.74) is 1.03. The summed E-state index contributed by atoms with van der Waals surface area (Å²) in [6, 6.07) is 9.24. The monoisotopic (exact) mass is 286 g/mol. The molecule has 0 spiro atoms. The number of carboxylic acid groups (broad SMARTS) is 1. The second-order valence-corrected chi connectivity index (χ2v) is 4.60. The van der Waals surface area contributed by atoms with E-state index in [1.807, 2.05) is 30.3 Å². The van der Waals surface area contributed by atoms with Crippen LogP contribution in [0.5, 0.6) is 0 Å². The summed E-state index contributed by atoms with van der Waals surface area (Å²) < 4.78 is 6.68. The van der Waals surface area contributed by atoms with Crippen LogP contribution in [-0.2, 0) is 16.1 Å². The van der Waals surface area contributed by atoms with Crippen molar-refractivity contribution in [3.05, 3.63) is 53.5 Å². The second kappa shape index (κ2) is 5.37. The van der Waals surface area contributed by atoms with E-state index in [0.29, 0.717) is 11.8 Å². The van der Waals surface area contributed by atoms with Crippen LogP contribution < -0.4 is 5.32 Å². The molecule has 7 heteroatoms. The zero-order valence-electron chi connectivity index (χ0n) is 11.4. The van der Waals surface area contributed by atoms with Gasteiger partial charge in [0.1, 0.15) is 18.3 Å². The van der Waals surface area contributed by atoms with Crippen LogP contribution in [-0.4, -0.2) is 33.0 Å². The fraction of sp³-hybridized carbons (Fsp3) is 0.214. The molecule has 21 heavy (non-hydrogen) atoms. The summed E-state index contributed by atoms with van der Waals surface area (Å²) in [5.74, 6) is -0.129. The Bertz CT molecular complexity index is 693. The molecular weight excluding hydrogens is 272 g/mol. The number of aromatic nitrogens is 3. The zero-order chi connectivity index (χ0) is 14.8. The highest BCUT2D eigenvalue weighted by Crippen LogP contribution is 2.28. The first-order valence-corrected chi connectivity index (χ1v) is 6.40. The third kappa shape index (κ3) is 2.50. The van der Waals surface area contributed by atoms with Gasteiger partial charge < -0.3 is 15.2 Å². The lowest BCUT2D eigenvalue weighted by Gasteiger charge is -2.22. The first-order valence-electron chi connectivity index (χ1n) is 6.40. The molecular formula is C14H14N4O3. The Kier molecular flexibility index (Phi) is 3.41. The van der Waals surface area contributed by atoms with Gasteiger partial charge in [-0.05, 0) is 11.6 Å². The van der Waals surface area contributed by atoms with E-state index < -0.39 is 5.97 Å². The van der Waals surface area contributed by atoms with Crippen LogP contribution in [0.25, 0.3) is 0 Å². The quantitative estimate of drug-likeness (QED) is 0.883. The number of hydrogen-bond acceptors (Lipinski definition) is 5. The molecule has 0 bridgehead atoms. The van der Waals surface area contributed by atoms with Crippen LogP contribution in [0.1, 0.15) is 17.4 Å². The molecule has 2 N–H and O–H groups in total. The molecule has 1 atom stereocenters. The first-order chi connectivity index (χ1) is 10.2. The van der Waals surface area contributed by atoms with E-state index in [2.05, 4.69) is 15.4 Å². The SMILES string of the molecule is COCc1nc2n(n1)[C@@H](c1ccccc1)C=C(C(=O)O)N2. The Morgan fingerprint density at radius 1 is 1.43 bits per heavy atom. The lowest BCUT2D eigenvalue weighted by molar-refractivity contribution is -0.132. The Morgan fingerprint density at radius 3 is 2.86 bits per heavy atom. The molecule has 3 rings (SSSR count). The zero-order valence-corrected chi connectivity index (χ0v) is 11.4. The molecule has 2 heterocycles. The van der Waals surface area contributed by atoms with Gasteiger partial charge in [0.05, 0.1) is 0 Å². The van der Waals surface area contributed by atoms with E-state index in [0.717, 1.165) is 5.56 Å². The Labute approximate surface area is 120 Å². The number of aliphatic carboxylic acids is 1. The van der Waals surface area contributed by atoms with E-state index in [9.17, 15) is 9.90 Å². The predicted molar refractivity (Wildman–Crippen MR) is 74.7 cm³/mol. The molecule has 108 valence electrons. The number of hydrogen-bond donors (Lipinski definition) is 2. The van der Waals surface area contributed by atoms with Crippen LogP contribution in [0.4, 0.5) is 5.95 Å². The number of rotatable bonds is 4. The predicted octanol–water partition coefficient (Wildman–Crippen LogP) is 1.41. The topological polar surface area (TPSA) is 89.3 Å². The standard InChI is InChI=1S/C14H14N4O3/c1-21-8-12-16-14-15-10(13(19)20)7-11(18(14)17-12)9-5-3-2-4-6-9/h2-7,11H,8H2,1H3,(H,19,20)(H,15,16,17)/t11-/m1/s1. The van der Waals surface area contributed by atoms with Gasteiger partial charge in [0.15, 0.2) is 5.82 Å². The molecule has 1 aliphatic heterocycles. The molecule has 0 radical (unpaired) electrons. The number of nitrogens with zero attached hydrogens (tertiary/aromatic N) is 3. The number of carbonyl (C=O) groups is 1. The Morgan fingerprint density at radius 2 is 2.19 bits per heavy atom. The highest BCUT2D eigenvalue weighted by Gasteiger charge is 2.26. The average molecular weight is 286 g/mol. The van der Waals surface area contributed by atoms with Crippen molar-refractivity contribution in [3.63, 3.8) is 0 Å². The molecule has 0 aliphatic carbocycles. The van der Waals surface area contributed by atoms with Gasteiger partial charge in [-0.2, -0.15) is 10.1 Å². The maximum atomic E-state index is 11.3. The maximum absolute atomic E-state index is 11.3. The van der Waals surface area contributed by atoms with Crippen LogP contribution in [0, 0.1) is 0 Å². The van der Waals surface area contributed by atoms with E-state index in [4.69, 9.17) is 4.74 Å². The normalized spacial score (nSPS) is 16.8. The second-order valence-electron chi connectivity index (χ2n) is 4.60. The largest absolute Gasteiger partial charge is 0.477 e. The number of methoxy groups -OCH3 is 1. The molecule has 7 nitrogen and oxygen atoms in total. The molecule has 0 amide bonds. The van der Waals surface area contributed by atoms with Crippen molar-refractivity contribution in [2.45, 2.75) is 12.6 Å². The number of ether oxygens (including phenoxy) is 1. The minimum Gasteiger partial charge on any atom is -0.477 e. The third-order valence-electron chi connectivity index (χ3n) is 3.15. The van der Waals surface area contributed by atoms with Gasteiger partial charge in [0, 0.05) is 7.11 Å². The van der Waals surface area contributed by atoms with Gasteiger partial charge in [-0.15, -0.1) is 0 Å². The van der Waals surface area contributed by atoms with Crippen molar-refractivity contribution >= 4 is 11.9 Å². The number of nitrogens with one attached hydrogen (secondary N) is 1. The minimum atomic E-state index is -1.03. The van der Waals surface area contributed by atoms with E-state index in [1.165, 1.54) is 0 Å². The molecule has 2 aromatic rings. The van der Waals surface area contributed by atoms with Gasteiger partial charge in [0.2, 0.25) is 5.95 Å². The summed E-state index contributed by atoms with van der Waals surface area (Å²) in [5, 5.41) is 16.4. The molecule has 1 aromatic heterocycles. The van der Waals surface area contributed by atoms with E-state index in [-0.39, 0.29) is 18.3 Å². The van der Waals surface area contributed by atoms with Gasteiger partial charge in [-0.1, -0.05) is 30.3 Å². The van der Waals surface area contributed by atoms with Crippen molar-refractivity contribution < 1.29 is 14.6 Å². The number of allylic oxidation sites excluding steroid dienone is 1. The van der Waals surface area contributed by atoms with Gasteiger partial charge in [-0.25, -0.2) is 9.48 Å².